The zero-order chi connectivity index (χ0) is 20.7. The predicted molar refractivity (Wildman–Crippen MR) is 123 cm³/mol. The van der Waals surface area contributed by atoms with Gasteiger partial charge >= 0.3 is 6.03 Å². The normalized spacial score (nSPS) is 18.3. The van der Waals surface area contributed by atoms with Crippen LogP contribution in [0.15, 0.2) is 46.0 Å². The van der Waals surface area contributed by atoms with Crippen LogP contribution in [0.3, 0.4) is 0 Å². The fraction of sp³-hybridized carbons (Fsp3) is 0.211. The van der Waals surface area contributed by atoms with E-state index < -0.39 is 10.6 Å². The summed E-state index contributed by atoms with van der Waals surface area (Å²) < 4.78 is 24.6. The van der Waals surface area contributed by atoms with Crippen LogP contribution in [0.1, 0.15) is 5.56 Å². The van der Waals surface area contributed by atoms with Gasteiger partial charge in [-0.15, -0.1) is 21.9 Å². The fourth-order valence-corrected chi connectivity index (χ4v) is 6.12. The first-order chi connectivity index (χ1) is 14.5. The summed E-state index contributed by atoms with van der Waals surface area (Å²) >= 11 is 3.00. The maximum Gasteiger partial charge on any atom is 0.321 e. The van der Waals surface area contributed by atoms with Crippen molar-refractivity contribution in [3.05, 3.63) is 46.7 Å². The number of thiophene rings is 1. The summed E-state index contributed by atoms with van der Waals surface area (Å²) in [5, 5.41) is 7.14. The number of benzene rings is 1. The zero-order valence-electron chi connectivity index (χ0n) is 15.8. The van der Waals surface area contributed by atoms with Crippen molar-refractivity contribution >= 4 is 56.4 Å². The molecule has 2 aliphatic heterocycles. The highest BCUT2D eigenvalue weighted by molar-refractivity contribution is 8.27. The molecule has 30 heavy (non-hydrogen) atoms. The van der Waals surface area contributed by atoms with E-state index in [0.717, 1.165) is 21.4 Å². The summed E-state index contributed by atoms with van der Waals surface area (Å²) in [6.07, 6.45) is 1.69. The lowest BCUT2D eigenvalue weighted by Crippen LogP contribution is -2.50. The van der Waals surface area contributed by atoms with Crippen LogP contribution in [0.5, 0.6) is 0 Å². The largest absolute Gasteiger partial charge is 0.343 e. The first-order valence-electron chi connectivity index (χ1n) is 9.28. The number of hydrogen-bond acceptors (Lipinski definition) is 8. The van der Waals surface area contributed by atoms with Gasteiger partial charge in [-0.1, -0.05) is 12.1 Å². The Labute approximate surface area is 183 Å². The maximum atomic E-state index is 12.7. The number of urea groups is 1. The van der Waals surface area contributed by atoms with E-state index in [4.69, 9.17) is 0 Å². The van der Waals surface area contributed by atoms with Gasteiger partial charge < -0.3 is 15.1 Å². The van der Waals surface area contributed by atoms with Crippen molar-refractivity contribution < 1.29 is 13.9 Å². The Balaban J connectivity index is 1.20. The molecule has 0 atom stereocenters. The number of fused-ring (bicyclic) bond motifs is 1. The number of carbonyl (C=O) groups excluding carboxylic acids is 1. The van der Waals surface area contributed by atoms with Crippen LogP contribution in [0.25, 0.3) is 16.8 Å². The molecule has 2 amide bonds. The minimum atomic E-state index is -2.90. The first-order valence-corrected chi connectivity index (χ1v) is 12.5. The summed E-state index contributed by atoms with van der Waals surface area (Å²) in [7, 11) is -2.90. The number of aromatic nitrogens is 2. The lowest BCUT2D eigenvalue weighted by atomic mass is 10.2. The molecule has 1 saturated heterocycles. The Hall–Kier alpha value is -2.44. The standard InChI is InChI=1S/C19H19N5O3S3/c25-18(20-14-4-3-13-5-11-30(26,27)16(13)12-14)23-6-8-24(9-7-23)19-21-17(22-29-19)15-2-1-10-28-15/h1-5,10-12,26-27H,6-9H2,(H,20,25). The molecule has 11 heteroatoms. The van der Waals surface area contributed by atoms with Gasteiger partial charge in [-0.25, -0.2) is 4.79 Å². The fourth-order valence-electron chi connectivity index (χ4n) is 3.40. The van der Waals surface area contributed by atoms with Gasteiger partial charge in [-0.3, -0.25) is 9.11 Å². The molecule has 8 nitrogen and oxygen atoms in total. The molecule has 1 fully saturated rings. The molecule has 0 bridgehead atoms. The van der Waals surface area contributed by atoms with Crippen LogP contribution in [0.4, 0.5) is 15.6 Å². The highest BCUT2D eigenvalue weighted by atomic mass is 32.3. The first kappa shape index (κ1) is 19.5. The van der Waals surface area contributed by atoms with Crippen molar-refractivity contribution in [3.8, 4) is 10.7 Å². The Morgan fingerprint density at radius 2 is 2.00 bits per heavy atom. The van der Waals surface area contributed by atoms with E-state index >= 15 is 0 Å². The monoisotopic (exact) mass is 461 g/mol. The van der Waals surface area contributed by atoms with E-state index in [-0.39, 0.29) is 6.03 Å². The average Bonchev–Trinajstić information content (AvgIpc) is 3.49. The van der Waals surface area contributed by atoms with Gasteiger partial charge in [0.15, 0.2) is 5.82 Å². The van der Waals surface area contributed by atoms with E-state index in [1.54, 1.807) is 40.5 Å². The van der Waals surface area contributed by atoms with Gasteiger partial charge in [-0.2, -0.15) is 9.36 Å². The topological polar surface area (TPSA) is 102 Å². The Kier molecular flexibility index (Phi) is 4.99. The SMILES string of the molecule is O=C(Nc1ccc2c(c1)S(O)(O)C=C2)N1CCN(c2nc(-c3cccs3)ns2)CC1. The molecule has 1 aromatic carbocycles. The number of nitrogens with one attached hydrogen (secondary N) is 1. The molecular formula is C19H19N5O3S3. The van der Waals surface area contributed by atoms with E-state index in [0.29, 0.717) is 36.8 Å². The van der Waals surface area contributed by atoms with Crippen LogP contribution in [0, 0.1) is 0 Å². The quantitative estimate of drug-likeness (QED) is 0.522. The van der Waals surface area contributed by atoms with E-state index in [1.165, 1.54) is 16.9 Å². The molecule has 0 spiro atoms. The number of nitrogens with zero attached hydrogens (tertiary/aromatic N) is 4. The zero-order valence-corrected chi connectivity index (χ0v) is 18.2. The van der Waals surface area contributed by atoms with Gasteiger partial charge in [0.25, 0.3) is 0 Å². The molecule has 0 saturated carbocycles. The molecule has 2 aliphatic rings. The lowest BCUT2D eigenvalue weighted by Gasteiger charge is -2.34. The van der Waals surface area contributed by atoms with Crippen LogP contribution in [0.2, 0.25) is 0 Å². The van der Waals surface area contributed by atoms with E-state index in [1.807, 2.05) is 17.5 Å². The number of amides is 2. The van der Waals surface area contributed by atoms with Crippen molar-refractivity contribution in [2.75, 3.05) is 36.4 Å². The predicted octanol–water partition coefficient (Wildman–Crippen LogP) is 4.71. The van der Waals surface area contributed by atoms with Crippen molar-refractivity contribution in [2.24, 2.45) is 0 Å². The minimum Gasteiger partial charge on any atom is -0.343 e. The molecule has 2 aromatic heterocycles. The second kappa shape index (κ2) is 7.67. The molecule has 0 unspecified atom stereocenters. The third-order valence-corrected chi connectivity index (χ3v) is 8.18. The van der Waals surface area contributed by atoms with Gasteiger partial charge in [0.2, 0.25) is 5.13 Å². The molecule has 4 heterocycles. The second-order valence-electron chi connectivity index (χ2n) is 6.93. The van der Waals surface area contributed by atoms with Crippen molar-refractivity contribution in [1.82, 2.24) is 14.3 Å². The summed E-state index contributed by atoms with van der Waals surface area (Å²) in [5.41, 5.74) is 1.31. The van der Waals surface area contributed by atoms with Crippen LogP contribution in [-0.2, 0) is 0 Å². The van der Waals surface area contributed by atoms with Gasteiger partial charge in [0.1, 0.15) is 0 Å². The van der Waals surface area contributed by atoms with Crippen LogP contribution in [-0.4, -0.2) is 55.6 Å². The second-order valence-corrected chi connectivity index (χ2v) is 10.5. The molecule has 5 rings (SSSR count). The third-order valence-electron chi connectivity index (χ3n) is 5.02. The van der Waals surface area contributed by atoms with Gasteiger partial charge in [0, 0.05) is 48.8 Å². The molecule has 156 valence electrons. The highest BCUT2D eigenvalue weighted by Crippen LogP contribution is 2.56. The summed E-state index contributed by atoms with van der Waals surface area (Å²) in [6.45, 7) is 2.51. The molecule has 3 N–H and O–H groups in total. The summed E-state index contributed by atoms with van der Waals surface area (Å²) in [5.74, 6) is 0.752. The average molecular weight is 462 g/mol. The minimum absolute atomic E-state index is 0.200. The lowest BCUT2D eigenvalue weighted by molar-refractivity contribution is 0.208. The molecular weight excluding hydrogens is 442 g/mol. The van der Waals surface area contributed by atoms with Crippen molar-refractivity contribution in [2.45, 2.75) is 4.90 Å². The van der Waals surface area contributed by atoms with Gasteiger partial charge in [-0.05, 0) is 35.2 Å². The molecule has 0 radical (unpaired) electrons. The van der Waals surface area contributed by atoms with E-state index in [9.17, 15) is 13.9 Å². The number of hydrogen-bond donors (Lipinski definition) is 3. The van der Waals surface area contributed by atoms with E-state index in [2.05, 4.69) is 19.6 Å². The molecule has 0 aliphatic carbocycles. The Bertz CT molecular complexity index is 1100. The van der Waals surface area contributed by atoms with Crippen molar-refractivity contribution in [3.63, 3.8) is 0 Å². The Morgan fingerprint density at radius 3 is 2.77 bits per heavy atom. The third kappa shape index (κ3) is 3.70. The van der Waals surface area contributed by atoms with Crippen LogP contribution >= 0.6 is 33.5 Å². The maximum absolute atomic E-state index is 12.7. The summed E-state index contributed by atoms with van der Waals surface area (Å²) in [4.78, 5) is 22.7. The number of piperazine rings is 1. The summed E-state index contributed by atoms with van der Waals surface area (Å²) in [6, 6.07) is 8.97. The van der Waals surface area contributed by atoms with Gasteiger partial charge in [0.05, 0.1) is 9.77 Å². The van der Waals surface area contributed by atoms with Crippen LogP contribution < -0.4 is 10.2 Å². The number of anilines is 2. The molecule has 3 aromatic rings. The number of carbonyl (C=O) groups is 1. The smallest absolute Gasteiger partial charge is 0.321 e. The number of rotatable bonds is 3. The Morgan fingerprint density at radius 1 is 1.17 bits per heavy atom. The van der Waals surface area contributed by atoms with Crippen molar-refractivity contribution in [1.29, 1.82) is 0 Å². The highest BCUT2D eigenvalue weighted by Gasteiger charge is 2.25.